The topological polar surface area (TPSA) is 64.3 Å². The van der Waals surface area contributed by atoms with E-state index in [1.165, 1.54) is 5.56 Å². The fourth-order valence-electron chi connectivity index (χ4n) is 1.30. The number of benzene rings is 1. The van der Waals surface area contributed by atoms with Crippen molar-refractivity contribution < 1.29 is 9.53 Å². The van der Waals surface area contributed by atoms with Gasteiger partial charge in [0.2, 0.25) is 0 Å². The predicted octanol–water partition coefficient (Wildman–Crippen LogP) is 1.09. The number of carbonyl (C=O) groups is 1. The molecule has 0 aromatic heterocycles. The summed E-state index contributed by atoms with van der Waals surface area (Å²) in [5.74, 6) is 0.556. The highest BCUT2D eigenvalue weighted by atomic mass is 16.5. The number of hydrogen-bond donors (Lipinski definition) is 2. The van der Waals surface area contributed by atoms with Crippen molar-refractivity contribution >= 4 is 5.91 Å². The highest BCUT2D eigenvalue weighted by molar-refractivity contribution is 5.77. The van der Waals surface area contributed by atoms with E-state index in [0.29, 0.717) is 12.3 Å². The van der Waals surface area contributed by atoms with E-state index >= 15 is 0 Å². The summed E-state index contributed by atoms with van der Waals surface area (Å²) in [7, 11) is 0. The molecule has 0 spiro atoms. The van der Waals surface area contributed by atoms with Gasteiger partial charge in [0.1, 0.15) is 5.75 Å². The molecule has 0 saturated carbocycles. The standard InChI is InChI=1S/C13H20N2O2/c1-3-11-4-6-12(7-5-11)17-9-13(16)15-8-10(2)14/h4-7,10H,3,8-9,14H2,1-2H3,(H,15,16). The third kappa shape index (κ3) is 5.36. The normalized spacial score (nSPS) is 11.9. The largest absolute Gasteiger partial charge is 0.484 e. The number of carbonyl (C=O) groups excluding carboxylic acids is 1. The Balaban J connectivity index is 2.31. The molecule has 3 N–H and O–H groups in total. The van der Waals surface area contributed by atoms with Gasteiger partial charge in [0.05, 0.1) is 0 Å². The first-order chi connectivity index (χ1) is 8.11. The summed E-state index contributed by atoms with van der Waals surface area (Å²) in [6, 6.07) is 7.70. The molecule has 0 aliphatic rings. The molecule has 1 amide bonds. The molecule has 94 valence electrons. The smallest absolute Gasteiger partial charge is 0.257 e. The molecule has 17 heavy (non-hydrogen) atoms. The Morgan fingerprint density at radius 3 is 2.59 bits per heavy atom. The van der Waals surface area contributed by atoms with Crippen molar-refractivity contribution in [3.8, 4) is 5.75 Å². The van der Waals surface area contributed by atoms with Gasteiger partial charge in [0.15, 0.2) is 6.61 Å². The quantitative estimate of drug-likeness (QED) is 0.777. The Kier molecular flexibility index (Phi) is 5.49. The number of rotatable bonds is 6. The fourth-order valence-corrected chi connectivity index (χ4v) is 1.30. The fraction of sp³-hybridized carbons (Fsp3) is 0.462. The number of hydrogen-bond acceptors (Lipinski definition) is 3. The molecule has 0 bridgehead atoms. The summed E-state index contributed by atoms with van der Waals surface area (Å²) in [5.41, 5.74) is 6.77. The minimum atomic E-state index is -0.151. The van der Waals surface area contributed by atoms with Crippen LogP contribution in [0, 0.1) is 0 Å². The van der Waals surface area contributed by atoms with Crippen molar-refractivity contribution in [1.82, 2.24) is 5.32 Å². The van der Waals surface area contributed by atoms with Crippen LogP contribution in [0.25, 0.3) is 0 Å². The van der Waals surface area contributed by atoms with Gasteiger partial charge in [-0.2, -0.15) is 0 Å². The van der Waals surface area contributed by atoms with Crippen LogP contribution in [0.15, 0.2) is 24.3 Å². The zero-order valence-electron chi connectivity index (χ0n) is 10.4. The first-order valence-corrected chi connectivity index (χ1v) is 5.85. The van der Waals surface area contributed by atoms with Crippen molar-refractivity contribution in [1.29, 1.82) is 0 Å². The van der Waals surface area contributed by atoms with Crippen LogP contribution >= 0.6 is 0 Å². The summed E-state index contributed by atoms with van der Waals surface area (Å²) in [5, 5.41) is 2.69. The van der Waals surface area contributed by atoms with Gasteiger partial charge in [-0.3, -0.25) is 4.79 Å². The first-order valence-electron chi connectivity index (χ1n) is 5.85. The van der Waals surface area contributed by atoms with Gasteiger partial charge in [0.25, 0.3) is 5.91 Å². The summed E-state index contributed by atoms with van der Waals surface area (Å²) in [6.07, 6.45) is 0.995. The third-order valence-corrected chi connectivity index (χ3v) is 2.32. The lowest BCUT2D eigenvalue weighted by molar-refractivity contribution is -0.123. The molecule has 1 atom stereocenters. The Morgan fingerprint density at radius 2 is 2.06 bits per heavy atom. The highest BCUT2D eigenvalue weighted by Crippen LogP contribution is 2.12. The maximum absolute atomic E-state index is 11.4. The molecule has 1 unspecified atom stereocenters. The van der Waals surface area contributed by atoms with E-state index in [1.54, 1.807) is 0 Å². The molecule has 0 radical (unpaired) electrons. The van der Waals surface area contributed by atoms with Crippen LogP contribution in [0.1, 0.15) is 19.4 Å². The van der Waals surface area contributed by atoms with Crippen LogP contribution in [-0.4, -0.2) is 25.1 Å². The Labute approximate surface area is 102 Å². The first kappa shape index (κ1) is 13.5. The molecule has 0 heterocycles. The zero-order valence-corrected chi connectivity index (χ0v) is 10.4. The van der Waals surface area contributed by atoms with Crippen LogP contribution in [0.5, 0.6) is 5.75 Å². The lowest BCUT2D eigenvalue weighted by atomic mass is 10.2. The summed E-state index contributed by atoms with van der Waals surface area (Å²) < 4.78 is 5.35. The van der Waals surface area contributed by atoms with Gasteiger partial charge in [-0.05, 0) is 31.0 Å². The number of amides is 1. The average Bonchev–Trinajstić information content (AvgIpc) is 2.34. The molecule has 4 nitrogen and oxygen atoms in total. The monoisotopic (exact) mass is 236 g/mol. The van der Waals surface area contributed by atoms with Crippen molar-refractivity contribution in [2.24, 2.45) is 5.73 Å². The molecule has 4 heteroatoms. The zero-order chi connectivity index (χ0) is 12.7. The maximum Gasteiger partial charge on any atom is 0.257 e. The van der Waals surface area contributed by atoms with E-state index in [2.05, 4.69) is 12.2 Å². The van der Waals surface area contributed by atoms with Crippen LogP contribution in [0.2, 0.25) is 0 Å². The van der Waals surface area contributed by atoms with Crippen molar-refractivity contribution in [3.63, 3.8) is 0 Å². The molecule has 1 aromatic rings. The second kappa shape index (κ2) is 6.91. The van der Waals surface area contributed by atoms with Crippen molar-refractivity contribution in [2.45, 2.75) is 26.3 Å². The molecule has 0 fully saturated rings. The van der Waals surface area contributed by atoms with E-state index in [0.717, 1.165) is 6.42 Å². The Bertz CT molecular complexity index is 347. The lowest BCUT2D eigenvalue weighted by Gasteiger charge is -2.09. The van der Waals surface area contributed by atoms with E-state index < -0.39 is 0 Å². The highest BCUT2D eigenvalue weighted by Gasteiger charge is 2.03. The lowest BCUT2D eigenvalue weighted by Crippen LogP contribution is -2.37. The van der Waals surface area contributed by atoms with Crippen molar-refractivity contribution in [3.05, 3.63) is 29.8 Å². The summed E-state index contributed by atoms with van der Waals surface area (Å²) in [4.78, 5) is 11.4. The number of nitrogens with one attached hydrogen (secondary N) is 1. The molecule has 1 aromatic carbocycles. The number of nitrogens with two attached hydrogens (primary N) is 1. The molecule has 0 aliphatic heterocycles. The Morgan fingerprint density at radius 1 is 1.41 bits per heavy atom. The Hall–Kier alpha value is -1.55. The third-order valence-electron chi connectivity index (χ3n) is 2.32. The average molecular weight is 236 g/mol. The van der Waals surface area contributed by atoms with Gasteiger partial charge < -0.3 is 15.8 Å². The SMILES string of the molecule is CCc1ccc(OCC(=O)NCC(C)N)cc1. The molecule has 1 rings (SSSR count). The summed E-state index contributed by atoms with van der Waals surface area (Å²) >= 11 is 0. The van der Waals surface area contributed by atoms with Crippen LogP contribution in [0.4, 0.5) is 0 Å². The molecular weight excluding hydrogens is 216 g/mol. The molecule has 0 saturated heterocycles. The molecule has 0 aliphatic carbocycles. The predicted molar refractivity (Wildman–Crippen MR) is 68.0 cm³/mol. The minimum Gasteiger partial charge on any atom is -0.484 e. The van der Waals surface area contributed by atoms with Crippen LogP contribution in [0.3, 0.4) is 0 Å². The van der Waals surface area contributed by atoms with Gasteiger partial charge in [-0.1, -0.05) is 19.1 Å². The van der Waals surface area contributed by atoms with Crippen LogP contribution < -0.4 is 15.8 Å². The summed E-state index contributed by atoms with van der Waals surface area (Å²) in [6.45, 7) is 4.43. The second-order valence-corrected chi connectivity index (χ2v) is 4.07. The minimum absolute atomic E-state index is 0.0260. The number of aryl methyl sites for hydroxylation is 1. The van der Waals surface area contributed by atoms with Gasteiger partial charge in [-0.25, -0.2) is 0 Å². The van der Waals surface area contributed by atoms with Gasteiger partial charge in [0, 0.05) is 12.6 Å². The van der Waals surface area contributed by atoms with Crippen molar-refractivity contribution in [2.75, 3.05) is 13.2 Å². The van der Waals surface area contributed by atoms with E-state index in [9.17, 15) is 4.79 Å². The van der Waals surface area contributed by atoms with Crippen LogP contribution in [-0.2, 0) is 11.2 Å². The second-order valence-electron chi connectivity index (χ2n) is 4.07. The van der Waals surface area contributed by atoms with E-state index in [4.69, 9.17) is 10.5 Å². The number of ether oxygens (including phenoxy) is 1. The van der Waals surface area contributed by atoms with Gasteiger partial charge in [-0.15, -0.1) is 0 Å². The van der Waals surface area contributed by atoms with Gasteiger partial charge >= 0.3 is 0 Å². The maximum atomic E-state index is 11.4. The molecular formula is C13H20N2O2. The van der Waals surface area contributed by atoms with E-state index in [-0.39, 0.29) is 18.6 Å². The van der Waals surface area contributed by atoms with E-state index in [1.807, 2.05) is 31.2 Å².